The number of aromatic nitrogens is 3. The molecule has 0 saturated carbocycles. The van der Waals surface area contributed by atoms with E-state index in [4.69, 9.17) is 4.74 Å². The van der Waals surface area contributed by atoms with E-state index in [1.54, 1.807) is 4.68 Å². The van der Waals surface area contributed by atoms with Gasteiger partial charge in [-0.3, -0.25) is 4.79 Å². The van der Waals surface area contributed by atoms with E-state index in [1.165, 1.54) is 5.56 Å². The first kappa shape index (κ1) is 18.8. The van der Waals surface area contributed by atoms with Crippen LogP contribution in [0, 0.1) is 0 Å². The Hall–Kier alpha value is -2.51. The zero-order valence-corrected chi connectivity index (χ0v) is 17.1. The molecule has 2 aromatic carbocycles. The van der Waals surface area contributed by atoms with Crippen molar-refractivity contribution in [2.45, 2.75) is 39.1 Å². The average molecular weight is 441 g/mol. The van der Waals surface area contributed by atoms with Gasteiger partial charge in [-0.25, -0.2) is 4.68 Å². The van der Waals surface area contributed by atoms with E-state index in [0.717, 1.165) is 22.0 Å². The lowest BCUT2D eigenvalue weighted by molar-refractivity contribution is -0.00177. The molecular weight excluding hydrogens is 420 g/mol. The number of hydrogen-bond acceptors (Lipinski definition) is 4. The van der Waals surface area contributed by atoms with E-state index < -0.39 is 0 Å². The maximum Gasteiger partial charge on any atom is 0.274 e. The van der Waals surface area contributed by atoms with Crippen molar-refractivity contribution in [1.82, 2.24) is 20.3 Å². The number of nitrogens with one attached hydrogen (secondary N) is 1. The Kier molecular flexibility index (Phi) is 5.54. The second-order valence-electron chi connectivity index (χ2n) is 6.77. The van der Waals surface area contributed by atoms with Crippen molar-refractivity contribution in [2.24, 2.45) is 0 Å². The topological polar surface area (TPSA) is 69.0 Å². The maximum absolute atomic E-state index is 12.6. The molecule has 1 aliphatic heterocycles. The number of hydrogen-bond donors (Lipinski definition) is 1. The normalized spacial score (nSPS) is 15.9. The van der Waals surface area contributed by atoms with Crippen molar-refractivity contribution in [3.05, 3.63) is 81.1 Å². The molecular formula is C21H21BrN4O2. The molecule has 0 aliphatic carbocycles. The first-order valence-electron chi connectivity index (χ1n) is 9.29. The van der Waals surface area contributed by atoms with Gasteiger partial charge in [-0.05, 0) is 35.2 Å². The van der Waals surface area contributed by atoms with Gasteiger partial charge in [-0.15, -0.1) is 5.10 Å². The number of halogens is 1. The molecule has 6 nitrogen and oxygen atoms in total. The molecule has 7 heteroatoms. The molecule has 1 atom stereocenters. The number of benzene rings is 2. The van der Waals surface area contributed by atoms with Gasteiger partial charge in [0, 0.05) is 11.0 Å². The maximum atomic E-state index is 12.6. The molecule has 1 aromatic heterocycles. The minimum Gasteiger partial charge on any atom is -0.365 e. The molecule has 0 spiro atoms. The fourth-order valence-electron chi connectivity index (χ4n) is 3.23. The molecule has 2 heterocycles. The van der Waals surface area contributed by atoms with Crippen LogP contribution in [0.1, 0.15) is 45.9 Å². The third-order valence-electron chi connectivity index (χ3n) is 4.94. The highest BCUT2D eigenvalue weighted by Crippen LogP contribution is 2.27. The van der Waals surface area contributed by atoms with E-state index in [9.17, 15) is 4.79 Å². The van der Waals surface area contributed by atoms with Gasteiger partial charge >= 0.3 is 0 Å². The number of rotatable bonds is 5. The highest BCUT2D eigenvalue weighted by Gasteiger charge is 2.27. The summed E-state index contributed by atoms with van der Waals surface area (Å²) in [6.45, 7) is 3.42. The van der Waals surface area contributed by atoms with E-state index in [-0.39, 0.29) is 12.0 Å². The Labute approximate surface area is 172 Å². The number of nitrogens with zero attached hydrogens (tertiary/aromatic N) is 3. The molecule has 4 rings (SSSR count). The second-order valence-corrected chi connectivity index (χ2v) is 7.69. The highest BCUT2D eigenvalue weighted by molar-refractivity contribution is 9.10. The van der Waals surface area contributed by atoms with Crippen molar-refractivity contribution in [3.8, 4) is 0 Å². The Morgan fingerprint density at radius 3 is 2.61 bits per heavy atom. The molecule has 0 radical (unpaired) electrons. The van der Waals surface area contributed by atoms with Crippen LogP contribution in [0.2, 0.25) is 0 Å². The second kappa shape index (κ2) is 8.24. The molecule has 1 amide bonds. The van der Waals surface area contributed by atoms with Crippen LogP contribution in [0.3, 0.4) is 0 Å². The Balaban J connectivity index is 1.41. The molecule has 28 heavy (non-hydrogen) atoms. The van der Waals surface area contributed by atoms with Crippen LogP contribution in [0.5, 0.6) is 0 Å². The molecule has 0 fully saturated rings. The molecule has 0 unspecified atom stereocenters. The number of aryl methyl sites for hydroxylation is 1. The summed E-state index contributed by atoms with van der Waals surface area (Å²) in [5, 5.41) is 11.2. The van der Waals surface area contributed by atoms with E-state index in [2.05, 4.69) is 50.6 Å². The van der Waals surface area contributed by atoms with Crippen molar-refractivity contribution >= 4 is 21.8 Å². The van der Waals surface area contributed by atoms with E-state index >= 15 is 0 Å². The predicted octanol–water partition coefficient (Wildman–Crippen LogP) is 3.80. The highest BCUT2D eigenvalue weighted by atomic mass is 79.9. The van der Waals surface area contributed by atoms with Crippen molar-refractivity contribution in [2.75, 3.05) is 0 Å². The van der Waals surface area contributed by atoms with Gasteiger partial charge in [0.25, 0.3) is 5.91 Å². The number of amides is 1. The van der Waals surface area contributed by atoms with Gasteiger partial charge in [0.15, 0.2) is 5.69 Å². The average Bonchev–Trinajstić information content (AvgIpc) is 3.16. The van der Waals surface area contributed by atoms with Crippen LogP contribution in [-0.2, 0) is 30.9 Å². The van der Waals surface area contributed by atoms with Crippen LogP contribution in [0.4, 0.5) is 0 Å². The first-order valence-corrected chi connectivity index (χ1v) is 10.1. The third kappa shape index (κ3) is 4.00. The lowest BCUT2D eigenvalue weighted by Crippen LogP contribution is -2.27. The van der Waals surface area contributed by atoms with Crippen LogP contribution in [0.25, 0.3) is 0 Å². The number of carbonyl (C=O) groups is 1. The van der Waals surface area contributed by atoms with Crippen LogP contribution in [0.15, 0.2) is 53.0 Å². The summed E-state index contributed by atoms with van der Waals surface area (Å²) in [6, 6.07) is 16.2. The standard InChI is InChI=1S/C21H21BrN4O2/c1-2-14-3-5-15(6-4-14)11-23-21(27)20-18-13-28-19(12-26(18)25-24-20)16-7-9-17(22)10-8-16/h3-10,19H,2,11-13H2,1H3,(H,23,27)/t19-/m0/s1. The fraction of sp³-hybridized carbons (Fsp3) is 0.286. The van der Waals surface area contributed by atoms with E-state index in [0.29, 0.717) is 31.1 Å². The number of ether oxygens (including phenoxy) is 1. The largest absolute Gasteiger partial charge is 0.365 e. The molecule has 0 bridgehead atoms. The van der Waals surface area contributed by atoms with Gasteiger partial charge in [0.1, 0.15) is 6.10 Å². The SMILES string of the molecule is CCc1ccc(CNC(=O)c2nnn3c2CO[C@H](c2ccc(Br)cc2)C3)cc1. The summed E-state index contributed by atoms with van der Waals surface area (Å²) in [5.41, 5.74) is 4.45. The summed E-state index contributed by atoms with van der Waals surface area (Å²) in [4.78, 5) is 12.6. The summed E-state index contributed by atoms with van der Waals surface area (Å²) in [7, 11) is 0. The van der Waals surface area contributed by atoms with Gasteiger partial charge in [0.2, 0.25) is 0 Å². The minimum atomic E-state index is -0.230. The Bertz CT molecular complexity index is 967. The number of carbonyl (C=O) groups excluding carboxylic acids is 1. The summed E-state index contributed by atoms with van der Waals surface area (Å²) >= 11 is 3.44. The number of fused-ring (bicyclic) bond motifs is 1. The monoisotopic (exact) mass is 440 g/mol. The summed E-state index contributed by atoms with van der Waals surface area (Å²) in [5.74, 6) is -0.230. The first-order chi connectivity index (χ1) is 13.6. The van der Waals surface area contributed by atoms with Gasteiger partial charge in [0.05, 0.1) is 18.8 Å². The Morgan fingerprint density at radius 2 is 1.89 bits per heavy atom. The lowest BCUT2D eigenvalue weighted by atomic mass is 10.1. The van der Waals surface area contributed by atoms with Crippen LogP contribution < -0.4 is 5.32 Å². The molecule has 3 aromatic rings. The van der Waals surface area contributed by atoms with Crippen molar-refractivity contribution < 1.29 is 9.53 Å². The fourth-order valence-corrected chi connectivity index (χ4v) is 3.49. The molecule has 1 aliphatic rings. The predicted molar refractivity (Wildman–Crippen MR) is 109 cm³/mol. The smallest absolute Gasteiger partial charge is 0.274 e. The van der Waals surface area contributed by atoms with Crippen molar-refractivity contribution in [1.29, 1.82) is 0 Å². The van der Waals surface area contributed by atoms with E-state index in [1.807, 2.05) is 36.4 Å². The zero-order valence-electron chi connectivity index (χ0n) is 15.6. The van der Waals surface area contributed by atoms with Gasteiger partial charge in [-0.1, -0.05) is 64.5 Å². The third-order valence-corrected chi connectivity index (χ3v) is 5.47. The van der Waals surface area contributed by atoms with Gasteiger partial charge < -0.3 is 10.1 Å². The van der Waals surface area contributed by atoms with Crippen LogP contribution in [-0.4, -0.2) is 20.9 Å². The van der Waals surface area contributed by atoms with Crippen LogP contribution >= 0.6 is 15.9 Å². The minimum absolute atomic E-state index is 0.102. The van der Waals surface area contributed by atoms with Crippen molar-refractivity contribution in [3.63, 3.8) is 0 Å². The lowest BCUT2D eigenvalue weighted by Gasteiger charge is -2.24. The summed E-state index contributed by atoms with van der Waals surface area (Å²) < 4.78 is 8.76. The zero-order chi connectivity index (χ0) is 19.5. The molecule has 1 N–H and O–H groups in total. The molecule has 144 valence electrons. The molecule has 0 saturated heterocycles. The Morgan fingerprint density at radius 1 is 1.18 bits per heavy atom. The van der Waals surface area contributed by atoms with Gasteiger partial charge in [-0.2, -0.15) is 0 Å². The summed E-state index contributed by atoms with van der Waals surface area (Å²) in [6.07, 6.45) is 0.899. The quantitative estimate of drug-likeness (QED) is 0.654.